The average molecular weight is 467 g/mol. The van der Waals surface area contributed by atoms with Crippen LogP contribution >= 0.6 is 0 Å². The number of sulfonamides is 1. The number of hydrogen-bond donors (Lipinski definition) is 4. The summed E-state index contributed by atoms with van der Waals surface area (Å²) in [6.07, 6.45) is 0. The van der Waals surface area contributed by atoms with Crippen LogP contribution in [-0.4, -0.2) is 26.9 Å². The zero-order chi connectivity index (χ0) is 24.0. The molecule has 172 valence electrons. The van der Waals surface area contributed by atoms with Crippen LogP contribution in [0.3, 0.4) is 0 Å². The number of carbonyl (C=O) groups is 2. The van der Waals surface area contributed by atoms with E-state index in [-0.39, 0.29) is 11.4 Å². The van der Waals surface area contributed by atoms with E-state index in [4.69, 9.17) is 0 Å². The zero-order valence-corrected chi connectivity index (χ0v) is 19.4. The number of benzene rings is 3. The third kappa shape index (κ3) is 6.56. The zero-order valence-electron chi connectivity index (χ0n) is 18.6. The van der Waals surface area contributed by atoms with Gasteiger partial charge in [0.1, 0.15) is 0 Å². The molecule has 0 heterocycles. The van der Waals surface area contributed by atoms with E-state index in [9.17, 15) is 18.0 Å². The molecule has 4 N–H and O–H groups in total. The molecular weight excluding hydrogens is 440 g/mol. The monoisotopic (exact) mass is 466 g/mol. The largest absolute Gasteiger partial charge is 0.329 e. The van der Waals surface area contributed by atoms with Gasteiger partial charge in [0.2, 0.25) is 5.91 Å². The maximum Gasteiger partial charge on any atom is 0.319 e. The minimum Gasteiger partial charge on any atom is -0.329 e. The molecule has 0 saturated carbocycles. The summed E-state index contributed by atoms with van der Waals surface area (Å²) >= 11 is 0. The van der Waals surface area contributed by atoms with Crippen LogP contribution in [-0.2, 0) is 14.8 Å². The fraction of sp³-hybridized carbons (Fsp3) is 0.167. The lowest BCUT2D eigenvalue weighted by molar-refractivity contribution is -0.115. The lowest BCUT2D eigenvalue weighted by atomic mass is 10.1. The van der Waals surface area contributed by atoms with E-state index in [2.05, 4.69) is 20.7 Å². The molecule has 0 aliphatic heterocycles. The van der Waals surface area contributed by atoms with Gasteiger partial charge in [0.25, 0.3) is 10.0 Å². The van der Waals surface area contributed by atoms with Crippen molar-refractivity contribution in [1.29, 1.82) is 0 Å². The number of para-hydroxylation sites is 1. The van der Waals surface area contributed by atoms with E-state index in [1.807, 2.05) is 32.0 Å². The predicted octanol–water partition coefficient (Wildman–Crippen LogP) is 4.17. The number of aryl methyl sites for hydroxylation is 3. The molecule has 9 heteroatoms. The number of hydrogen-bond acceptors (Lipinski definition) is 4. The van der Waals surface area contributed by atoms with Crippen molar-refractivity contribution >= 4 is 39.0 Å². The molecule has 3 aromatic carbocycles. The second kappa shape index (κ2) is 10.2. The molecule has 0 bridgehead atoms. The van der Waals surface area contributed by atoms with Gasteiger partial charge in [-0.3, -0.25) is 9.52 Å². The summed E-state index contributed by atoms with van der Waals surface area (Å²) in [6.45, 7) is 5.16. The second-order valence-corrected chi connectivity index (χ2v) is 9.28. The molecule has 0 radical (unpaired) electrons. The lowest BCUT2D eigenvalue weighted by Gasteiger charge is -2.14. The summed E-state index contributed by atoms with van der Waals surface area (Å²) in [7, 11) is -3.88. The molecule has 0 fully saturated rings. The highest BCUT2D eigenvalue weighted by atomic mass is 32.2. The first-order valence-electron chi connectivity index (χ1n) is 10.2. The quantitative estimate of drug-likeness (QED) is 0.418. The van der Waals surface area contributed by atoms with E-state index in [0.29, 0.717) is 22.6 Å². The fourth-order valence-corrected chi connectivity index (χ4v) is 4.56. The molecule has 8 nitrogen and oxygen atoms in total. The highest BCUT2D eigenvalue weighted by molar-refractivity contribution is 7.92. The normalized spacial score (nSPS) is 10.9. The van der Waals surface area contributed by atoms with Gasteiger partial charge in [0.15, 0.2) is 0 Å². The molecule has 0 spiro atoms. The summed E-state index contributed by atoms with van der Waals surface area (Å²) in [5, 5.41) is 7.68. The van der Waals surface area contributed by atoms with Gasteiger partial charge in [-0.15, -0.1) is 0 Å². The Morgan fingerprint density at radius 1 is 0.788 bits per heavy atom. The highest BCUT2D eigenvalue weighted by Crippen LogP contribution is 2.25. The Balaban J connectivity index is 1.65. The Hall–Kier alpha value is -3.85. The molecule has 0 saturated heterocycles. The summed E-state index contributed by atoms with van der Waals surface area (Å²) in [5.74, 6) is -0.493. The van der Waals surface area contributed by atoms with E-state index < -0.39 is 22.0 Å². The fourth-order valence-electron chi connectivity index (χ4n) is 3.16. The van der Waals surface area contributed by atoms with Crippen LogP contribution in [0.15, 0.2) is 71.6 Å². The maximum atomic E-state index is 13.0. The van der Waals surface area contributed by atoms with Gasteiger partial charge in [-0.2, -0.15) is 0 Å². The van der Waals surface area contributed by atoms with Crippen molar-refractivity contribution in [2.24, 2.45) is 0 Å². The van der Waals surface area contributed by atoms with Crippen LogP contribution in [0.2, 0.25) is 0 Å². The smallest absolute Gasteiger partial charge is 0.319 e. The predicted molar refractivity (Wildman–Crippen MR) is 130 cm³/mol. The first kappa shape index (κ1) is 23.8. The summed E-state index contributed by atoms with van der Waals surface area (Å²) < 4.78 is 28.6. The molecule has 3 amide bonds. The van der Waals surface area contributed by atoms with Gasteiger partial charge < -0.3 is 16.0 Å². The van der Waals surface area contributed by atoms with Gasteiger partial charge in [0.05, 0.1) is 17.1 Å². The van der Waals surface area contributed by atoms with Crippen LogP contribution in [0, 0.1) is 20.8 Å². The average Bonchev–Trinajstić information content (AvgIpc) is 2.76. The molecule has 3 aromatic rings. The van der Waals surface area contributed by atoms with Crippen molar-refractivity contribution in [1.82, 2.24) is 5.32 Å². The Morgan fingerprint density at radius 3 is 2.21 bits per heavy atom. The van der Waals surface area contributed by atoms with E-state index in [1.54, 1.807) is 49.4 Å². The van der Waals surface area contributed by atoms with Crippen molar-refractivity contribution in [3.63, 3.8) is 0 Å². The molecule has 33 heavy (non-hydrogen) atoms. The third-order valence-electron chi connectivity index (χ3n) is 4.83. The summed E-state index contributed by atoms with van der Waals surface area (Å²) in [4.78, 5) is 24.2. The van der Waals surface area contributed by atoms with Crippen molar-refractivity contribution < 1.29 is 18.0 Å². The summed E-state index contributed by atoms with van der Waals surface area (Å²) in [6, 6.07) is 18.3. The maximum absolute atomic E-state index is 13.0. The van der Waals surface area contributed by atoms with Gasteiger partial charge in [0, 0.05) is 11.4 Å². The Morgan fingerprint density at radius 2 is 1.52 bits per heavy atom. The number of nitrogens with one attached hydrogen (secondary N) is 4. The summed E-state index contributed by atoms with van der Waals surface area (Å²) in [5.41, 5.74) is 3.76. The molecule has 0 aliphatic rings. The molecule has 0 unspecified atom stereocenters. The minimum absolute atomic E-state index is 0.0510. The van der Waals surface area contributed by atoms with E-state index in [1.165, 1.54) is 6.07 Å². The van der Waals surface area contributed by atoms with Crippen molar-refractivity contribution in [3.05, 3.63) is 83.4 Å². The second-order valence-electron chi connectivity index (χ2n) is 7.63. The van der Waals surface area contributed by atoms with Crippen LogP contribution < -0.4 is 20.7 Å². The van der Waals surface area contributed by atoms with Gasteiger partial charge >= 0.3 is 6.03 Å². The molecule has 0 aliphatic carbocycles. The molecular formula is C24H26N4O4S. The van der Waals surface area contributed by atoms with Crippen LogP contribution in [0.25, 0.3) is 0 Å². The lowest BCUT2D eigenvalue weighted by Crippen LogP contribution is -2.35. The Kier molecular flexibility index (Phi) is 7.34. The molecule has 0 aromatic heterocycles. The Bertz CT molecular complexity index is 1270. The first-order valence-corrected chi connectivity index (χ1v) is 11.7. The van der Waals surface area contributed by atoms with Crippen LogP contribution in [0.1, 0.15) is 16.7 Å². The van der Waals surface area contributed by atoms with Crippen LogP contribution in [0.4, 0.5) is 21.9 Å². The molecule has 0 atom stereocenters. The van der Waals surface area contributed by atoms with Gasteiger partial charge in [-0.25, -0.2) is 13.2 Å². The van der Waals surface area contributed by atoms with Crippen LogP contribution in [0.5, 0.6) is 0 Å². The number of urea groups is 1. The Labute approximate surface area is 193 Å². The number of amides is 3. The molecule has 3 rings (SSSR count). The standard InChI is InChI=1S/C24H26N4O4S/c1-16-9-12-21(18(3)13-16)28-33(31,32)22-14-20(11-10-17(22)2)26-23(29)15-25-24(30)27-19-7-5-4-6-8-19/h4-14,28H,15H2,1-3H3,(H,26,29)(H2,25,27,30). The van der Waals surface area contributed by atoms with E-state index in [0.717, 1.165) is 11.1 Å². The number of anilines is 3. The van der Waals surface area contributed by atoms with Crippen molar-refractivity contribution in [2.75, 3.05) is 21.9 Å². The van der Waals surface area contributed by atoms with Crippen molar-refractivity contribution in [2.45, 2.75) is 25.7 Å². The van der Waals surface area contributed by atoms with Crippen molar-refractivity contribution in [3.8, 4) is 0 Å². The van der Waals surface area contributed by atoms with Gasteiger partial charge in [-0.05, 0) is 62.2 Å². The first-order chi connectivity index (χ1) is 15.6. The number of rotatable bonds is 7. The highest BCUT2D eigenvalue weighted by Gasteiger charge is 2.19. The SMILES string of the molecule is Cc1ccc(NS(=O)(=O)c2cc(NC(=O)CNC(=O)Nc3ccccc3)ccc2C)c(C)c1. The van der Waals surface area contributed by atoms with E-state index >= 15 is 0 Å². The topological polar surface area (TPSA) is 116 Å². The number of carbonyl (C=O) groups excluding carboxylic acids is 2. The minimum atomic E-state index is -3.88. The third-order valence-corrected chi connectivity index (χ3v) is 6.34. The van der Waals surface area contributed by atoms with Gasteiger partial charge in [-0.1, -0.05) is 42.0 Å².